The largest absolute Gasteiger partial charge is 0.345 e. The first-order chi connectivity index (χ1) is 20.1. The Kier molecular flexibility index (Phi) is 2.98. The monoisotopic (exact) mass is 468 g/mol. The Labute approximate surface area is 199 Å². The third kappa shape index (κ3) is 4.09. The van der Waals surface area contributed by atoms with Crippen molar-refractivity contribution in [1.29, 1.82) is 0 Å². The molecule has 0 atom stereocenters. The van der Waals surface area contributed by atoms with Gasteiger partial charge in [-0.05, 0) is 30.6 Å². The number of nitrogens with one attached hydrogen (secondary N) is 2. The highest BCUT2D eigenvalue weighted by Gasteiger charge is 2.26. The molecule has 0 saturated carbocycles. The molecule has 32 heavy (non-hydrogen) atoms. The van der Waals surface area contributed by atoms with Gasteiger partial charge < -0.3 is 4.98 Å². The number of aromatic amines is 1. The molecule has 0 fully saturated rings. The number of aromatic nitrogens is 3. The summed E-state index contributed by atoms with van der Waals surface area (Å²) in [7, 11) is -5.95. The van der Waals surface area contributed by atoms with E-state index in [-0.39, 0.29) is 16.8 Å². The number of nitrogens with zero attached hydrogens (tertiary/aromatic N) is 2. The molecule has 3 heterocycles. The molecule has 4 rings (SSSR count). The minimum Gasteiger partial charge on any atom is -0.345 e. The van der Waals surface area contributed by atoms with E-state index in [2.05, 4.69) is 15.0 Å². The van der Waals surface area contributed by atoms with Crippen LogP contribution < -0.4 is 4.72 Å². The lowest BCUT2D eigenvalue weighted by Gasteiger charge is -2.11. The molecule has 0 aliphatic carbocycles. The lowest BCUT2D eigenvalue weighted by atomic mass is 10.00. The predicted octanol–water partition coefficient (Wildman–Crippen LogP) is 4.29. The van der Waals surface area contributed by atoms with E-state index >= 15 is 8.78 Å². The van der Waals surface area contributed by atoms with E-state index in [0.717, 1.165) is 4.72 Å². The summed E-state index contributed by atoms with van der Waals surface area (Å²) in [5, 5.41) is -0.487. The number of carbonyl (C=O) groups is 1. The molecule has 0 aliphatic heterocycles. The van der Waals surface area contributed by atoms with Gasteiger partial charge in [-0.15, -0.1) is 0 Å². The van der Waals surface area contributed by atoms with Crippen molar-refractivity contribution in [2.75, 3.05) is 10.4 Å². The minimum absolute atomic E-state index is 0.179. The van der Waals surface area contributed by atoms with Gasteiger partial charge in [-0.1, -0.05) is 12.9 Å². The topological polar surface area (TPSA) is 105 Å². The fraction of sp³-hybridized carbons (Fsp3) is 0.136. The van der Waals surface area contributed by atoms with Gasteiger partial charge in [0.15, 0.2) is 5.82 Å². The van der Waals surface area contributed by atoms with Crippen LogP contribution in [0, 0.1) is 11.6 Å². The standard InChI is InChI=1S/C22H18F2N4O3S/c1-2-8-32(30,31)28-18-6-5-17(23)19(20(18)24)21(29)16-12-27-22-15(16)9-14(11-26-22)13-4-3-7-25-10-13/h3-7,9-12,28H,2,8H2,1H3,(H,26,27)/i1D3,2D2,5D,6D,8D2,9D,11D,12D. The van der Waals surface area contributed by atoms with Crippen LogP contribution in [0.1, 0.15) is 45.6 Å². The molecular weight excluding hydrogens is 438 g/mol. The van der Waals surface area contributed by atoms with Gasteiger partial charge in [-0.3, -0.25) is 14.5 Å². The SMILES string of the molecule is [2H]c1nc2[nH]c([2H])c(C(=O)c3c(F)c([2H])c([2H])c(NS(=O)(=O)C([2H])([2H])C([2H])([2H])C([2H])([2H])[2H])c3F)c2c([2H])c1-c1cccnc1. The summed E-state index contributed by atoms with van der Waals surface area (Å²) in [6, 6.07) is -0.805. The number of ketones is 1. The van der Waals surface area contributed by atoms with E-state index in [1.165, 1.54) is 24.5 Å². The highest BCUT2D eigenvalue weighted by atomic mass is 32.2. The number of anilines is 1. The van der Waals surface area contributed by atoms with Crippen molar-refractivity contribution in [2.24, 2.45) is 0 Å². The summed E-state index contributed by atoms with van der Waals surface area (Å²) in [5.41, 5.74) is -9.00. The summed E-state index contributed by atoms with van der Waals surface area (Å²) < 4.78 is 151. The number of carbonyl (C=O) groups excluding carboxylic acids is 1. The van der Waals surface area contributed by atoms with Gasteiger partial charge in [0.1, 0.15) is 11.5 Å². The zero-order valence-corrected chi connectivity index (χ0v) is 16.4. The van der Waals surface area contributed by atoms with Crippen molar-refractivity contribution in [3.63, 3.8) is 0 Å². The first-order valence-corrected chi connectivity index (χ1v) is 10.0. The molecule has 1 aromatic carbocycles. The quantitative estimate of drug-likeness (QED) is 0.394. The first-order valence-electron chi connectivity index (χ1n) is 14.5. The smallest absolute Gasteiger partial charge is 0.232 e. The van der Waals surface area contributed by atoms with Crippen LogP contribution in [0.4, 0.5) is 14.5 Å². The van der Waals surface area contributed by atoms with Crippen molar-refractivity contribution in [1.82, 2.24) is 15.0 Å². The van der Waals surface area contributed by atoms with Crippen LogP contribution in [0.15, 0.2) is 55.0 Å². The normalized spacial score (nSPS) is 18.3. The molecule has 0 amide bonds. The third-order valence-electron chi connectivity index (χ3n) is 4.10. The number of pyridine rings is 2. The second kappa shape index (κ2) is 8.46. The first kappa shape index (κ1) is 11.3. The molecule has 0 saturated heterocycles. The van der Waals surface area contributed by atoms with Crippen LogP contribution in [0.25, 0.3) is 22.2 Å². The number of H-pyrrole nitrogens is 1. The van der Waals surface area contributed by atoms with Gasteiger partial charge in [0.2, 0.25) is 15.8 Å². The zero-order chi connectivity index (χ0) is 33.3. The summed E-state index contributed by atoms with van der Waals surface area (Å²) in [6.45, 7) is -3.87. The van der Waals surface area contributed by atoms with Crippen LogP contribution in [0.3, 0.4) is 0 Å². The van der Waals surface area contributed by atoms with Gasteiger partial charge >= 0.3 is 0 Å². The van der Waals surface area contributed by atoms with Crippen molar-refractivity contribution in [2.45, 2.75) is 13.2 Å². The Balaban J connectivity index is 1.95. The number of rotatable bonds is 7. The average molecular weight is 469 g/mol. The Morgan fingerprint density at radius 1 is 1.34 bits per heavy atom. The van der Waals surface area contributed by atoms with E-state index in [0.29, 0.717) is 0 Å². The van der Waals surface area contributed by atoms with Gasteiger partial charge in [0.25, 0.3) is 0 Å². The molecule has 0 unspecified atom stereocenters. The maximum absolute atomic E-state index is 15.8. The molecule has 4 aromatic rings. The number of hydrogen-bond donors (Lipinski definition) is 2. The third-order valence-corrected chi connectivity index (χ3v) is 4.95. The number of benzene rings is 1. The summed E-state index contributed by atoms with van der Waals surface area (Å²) >= 11 is 0. The molecule has 0 radical (unpaired) electrons. The second-order valence-corrected chi connectivity index (χ2v) is 7.52. The van der Waals surface area contributed by atoms with Crippen LogP contribution in [-0.2, 0) is 10.0 Å². The maximum atomic E-state index is 15.8. The van der Waals surface area contributed by atoms with E-state index in [9.17, 15) is 13.2 Å². The summed E-state index contributed by atoms with van der Waals surface area (Å²) in [5.74, 6) is -5.92. The van der Waals surface area contributed by atoms with Crippen LogP contribution in [0.5, 0.6) is 0 Å². The number of fused-ring (bicyclic) bond motifs is 1. The van der Waals surface area contributed by atoms with Crippen LogP contribution in [-0.4, -0.2) is 34.9 Å². The molecule has 164 valence electrons. The average Bonchev–Trinajstić information content (AvgIpc) is 3.25. The van der Waals surface area contributed by atoms with Crippen molar-refractivity contribution >= 4 is 32.5 Å². The maximum Gasteiger partial charge on any atom is 0.232 e. The Morgan fingerprint density at radius 2 is 2.19 bits per heavy atom. The van der Waals surface area contributed by atoms with Crippen molar-refractivity contribution in [3.8, 4) is 11.1 Å². The Hall–Kier alpha value is -3.66. The number of hydrogen-bond acceptors (Lipinski definition) is 5. The second-order valence-electron chi connectivity index (χ2n) is 6.10. The van der Waals surface area contributed by atoms with Gasteiger partial charge in [0.05, 0.1) is 23.8 Å². The molecule has 2 N–H and O–H groups in total. The number of sulfonamides is 1. The number of halogens is 2. The fourth-order valence-electron chi connectivity index (χ4n) is 2.73. The van der Waals surface area contributed by atoms with E-state index in [1.54, 1.807) is 0 Å². The minimum atomic E-state index is -5.95. The Morgan fingerprint density at radius 3 is 2.94 bits per heavy atom. The highest BCUT2D eigenvalue weighted by molar-refractivity contribution is 7.92. The van der Waals surface area contributed by atoms with Gasteiger partial charge in [0, 0.05) is 56.4 Å². The zero-order valence-electron chi connectivity index (χ0n) is 27.6. The lowest BCUT2D eigenvalue weighted by molar-refractivity contribution is 0.103. The fourth-order valence-corrected chi connectivity index (χ4v) is 3.33. The molecule has 0 bridgehead atoms. The van der Waals surface area contributed by atoms with Crippen molar-refractivity contribution < 1.29 is 38.4 Å². The van der Waals surface area contributed by atoms with Gasteiger partial charge in [-0.2, -0.15) is 0 Å². The molecule has 10 heteroatoms. The van der Waals surface area contributed by atoms with Crippen molar-refractivity contribution in [3.05, 3.63) is 77.8 Å². The summed E-state index contributed by atoms with van der Waals surface area (Å²) in [4.78, 5) is 23.7. The molecule has 0 aliphatic rings. The van der Waals surface area contributed by atoms with Gasteiger partial charge in [-0.25, -0.2) is 22.2 Å². The van der Waals surface area contributed by atoms with Crippen LogP contribution in [0.2, 0.25) is 0 Å². The highest BCUT2D eigenvalue weighted by Crippen LogP contribution is 2.29. The molecular formula is C22H18F2N4O3S. The lowest BCUT2D eigenvalue weighted by Crippen LogP contribution is -2.18. The molecule has 7 nitrogen and oxygen atoms in total. The molecule has 3 aromatic heterocycles. The predicted molar refractivity (Wildman–Crippen MR) is 117 cm³/mol. The Bertz CT molecular complexity index is 1950. The summed E-state index contributed by atoms with van der Waals surface area (Å²) in [6.07, 6.45) is -2.79. The van der Waals surface area contributed by atoms with E-state index in [4.69, 9.17) is 16.4 Å². The van der Waals surface area contributed by atoms with E-state index < -0.39 is 99.0 Å². The van der Waals surface area contributed by atoms with E-state index in [1.807, 2.05) is 0 Å². The molecule has 0 spiro atoms. The van der Waals surface area contributed by atoms with Crippen LogP contribution >= 0.6 is 0 Å².